The van der Waals surface area contributed by atoms with Gasteiger partial charge in [0.25, 0.3) is 0 Å². The minimum atomic E-state index is 0.0842. The molecule has 7 heteroatoms. The van der Waals surface area contributed by atoms with E-state index in [1.807, 2.05) is 54.6 Å². The summed E-state index contributed by atoms with van der Waals surface area (Å²) in [6.45, 7) is 1.60. The molecule has 0 spiro atoms. The third-order valence-corrected chi connectivity index (χ3v) is 6.69. The summed E-state index contributed by atoms with van der Waals surface area (Å²) in [6.07, 6.45) is 1.76. The SMILES string of the molecule is CC(=O)c1ccc(-c2cccc3[nH]c(-c4n[nH]c5ccc(-c6ccccn6)nc45)cc23)s1. The van der Waals surface area contributed by atoms with Crippen molar-refractivity contribution in [1.82, 2.24) is 25.1 Å². The minimum Gasteiger partial charge on any atom is -0.353 e. The molecule has 0 bridgehead atoms. The molecule has 32 heavy (non-hydrogen) atoms. The molecular weight excluding hydrogens is 418 g/mol. The van der Waals surface area contributed by atoms with Gasteiger partial charge in [0, 0.05) is 27.5 Å². The fourth-order valence-corrected chi connectivity index (χ4v) is 4.85. The van der Waals surface area contributed by atoms with Crippen LogP contribution in [0.3, 0.4) is 0 Å². The van der Waals surface area contributed by atoms with Gasteiger partial charge in [-0.15, -0.1) is 11.3 Å². The van der Waals surface area contributed by atoms with Gasteiger partial charge in [0.05, 0.1) is 27.5 Å². The van der Waals surface area contributed by atoms with E-state index in [4.69, 9.17) is 4.98 Å². The number of pyridine rings is 2. The molecule has 0 unspecified atom stereocenters. The highest BCUT2D eigenvalue weighted by molar-refractivity contribution is 7.17. The molecule has 2 N–H and O–H groups in total. The number of aromatic amines is 2. The maximum absolute atomic E-state index is 11.7. The van der Waals surface area contributed by atoms with Crippen LogP contribution in [0.5, 0.6) is 0 Å². The van der Waals surface area contributed by atoms with Crippen molar-refractivity contribution in [2.24, 2.45) is 0 Å². The number of hydrogen-bond acceptors (Lipinski definition) is 5. The van der Waals surface area contributed by atoms with E-state index in [0.717, 1.165) is 60.0 Å². The summed E-state index contributed by atoms with van der Waals surface area (Å²) in [7, 11) is 0. The quantitative estimate of drug-likeness (QED) is 0.328. The second kappa shape index (κ2) is 7.25. The lowest BCUT2D eigenvalue weighted by molar-refractivity contribution is 0.102. The van der Waals surface area contributed by atoms with Crippen LogP contribution in [-0.4, -0.2) is 30.9 Å². The van der Waals surface area contributed by atoms with Crippen molar-refractivity contribution in [3.8, 4) is 33.2 Å². The number of carbonyl (C=O) groups is 1. The molecule has 5 aromatic heterocycles. The number of nitrogens with zero attached hydrogens (tertiary/aromatic N) is 3. The Hall–Kier alpha value is -4.10. The number of carbonyl (C=O) groups excluding carboxylic acids is 1. The van der Waals surface area contributed by atoms with E-state index in [1.165, 1.54) is 11.3 Å². The van der Waals surface area contributed by atoms with Crippen LogP contribution in [0.2, 0.25) is 0 Å². The maximum atomic E-state index is 11.7. The second-order valence-corrected chi connectivity index (χ2v) is 8.63. The van der Waals surface area contributed by atoms with E-state index in [9.17, 15) is 4.79 Å². The number of thiophene rings is 1. The number of nitrogens with one attached hydrogen (secondary N) is 2. The van der Waals surface area contributed by atoms with Crippen LogP contribution in [0.25, 0.3) is 55.2 Å². The van der Waals surface area contributed by atoms with Crippen molar-refractivity contribution in [3.63, 3.8) is 0 Å². The first kappa shape index (κ1) is 18.7. The molecule has 154 valence electrons. The molecule has 6 aromatic rings. The Morgan fingerprint density at radius 3 is 2.69 bits per heavy atom. The summed E-state index contributed by atoms with van der Waals surface area (Å²) in [4.78, 5) is 26.3. The molecule has 6 rings (SSSR count). The topological polar surface area (TPSA) is 87.3 Å². The summed E-state index contributed by atoms with van der Waals surface area (Å²) in [5.41, 5.74) is 7.01. The van der Waals surface area contributed by atoms with Crippen molar-refractivity contribution in [2.45, 2.75) is 6.92 Å². The zero-order valence-corrected chi connectivity index (χ0v) is 17.9. The van der Waals surface area contributed by atoms with E-state index in [0.29, 0.717) is 0 Å². The summed E-state index contributed by atoms with van der Waals surface area (Å²) in [5.74, 6) is 0.0842. The number of aromatic nitrogens is 5. The number of hydrogen-bond donors (Lipinski definition) is 2. The van der Waals surface area contributed by atoms with Gasteiger partial charge in [0.15, 0.2) is 5.78 Å². The van der Waals surface area contributed by atoms with Gasteiger partial charge in [-0.1, -0.05) is 18.2 Å². The van der Waals surface area contributed by atoms with Gasteiger partial charge in [-0.25, -0.2) is 4.98 Å². The average molecular weight is 436 g/mol. The molecule has 0 aliphatic rings. The van der Waals surface area contributed by atoms with E-state index < -0.39 is 0 Å². The van der Waals surface area contributed by atoms with E-state index in [1.54, 1.807) is 13.1 Å². The molecule has 0 saturated heterocycles. The van der Waals surface area contributed by atoms with Gasteiger partial charge in [-0.2, -0.15) is 5.10 Å². The molecular formula is C25H17N5OS. The van der Waals surface area contributed by atoms with Crippen molar-refractivity contribution < 1.29 is 4.79 Å². The van der Waals surface area contributed by atoms with Crippen molar-refractivity contribution >= 4 is 39.1 Å². The molecule has 0 atom stereocenters. The first-order valence-electron chi connectivity index (χ1n) is 10.2. The van der Waals surface area contributed by atoms with Crippen LogP contribution < -0.4 is 0 Å². The lowest BCUT2D eigenvalue weighted by Crippen LogP contribution is -1.87. The zero-order valence-electron chi connectivity index (χ0n) is 17.1. The van der Waals surface area contributed by atoms with Crippen LogP contribution in [-0.2, 0) is 0 Å². The maximum Gasteiger partial charge on any atom is 0.169 e. The number of Topliss-reactive ketones (excluding diaryl/α,β-unsaturated/α-hetero) is 1. The number of benzene rings is 1. The van der Waals surface area contributed by atoms with Gasteiger partial charge in [0.1, 0.15) is 11.2 Å². The smallest absolute Gasteiger partial charge is 0.169 e. The highest BCUT2D eigenvalue weighted by Gasteiger charge is 2.16. The van der Waals surface area contributed by atoms with Crippen LogP contribution >= 0.6 is 11.3 Å². The molecule has 0 radical (unpaired) electrons. The Morgan fingerprint density at radius 2 is 1.88 bits per heavy atom. The van der Waals surface area contributed by atoms with Crippen LogP contribution in [0.4, 0.5) is 0 Å². The van der Waals surface area contributed by atoms with E-state index in [2.05, 4.69) is 32.3 Å². The molecule has 0 saturated carbocycles. The minimum absolute atomic E-state index is 0.0842. The Bertz CT molecular complexity index is 1610. The Kier molecular flexibility index (Phi) is 4.22. The summed E-state index contributed by atoms with van der Waals surface area (Å²) in [6, 6.07) is 21.8. The first-order chi connectivity index (χ1) is 15.7. The monoisotopic (exact) mass is 435 g/mol. The predicted octanol–water partition coefficient (Wildman–Crippen LogP) is 6.10. The molecule has 1 aromatic carbocycles. The normalized spacial score (nSPS) is 11.4. The predicted molar refractivity (Wildman–Crippen MR) is 128 cm³/mol. The largest absolute Gasteiger partial charge is 0.353 e. The average Bonchev–Trinajstić information content (AvgIpc) is 3.56. The highest BCUT2D eigenvalue weighted by Crippen LogP contribution is 2.36. The Morgan fingerprint density at radius 1 is 0.938 bits per heavy atom. The molecule has 0 amide bonds. The summed E-state index contributed by atoms with van der Waals surface area (Å²) < 4.78 is 0. The Balaban J connectivity index is 1.49. The van der Waals surface area contributed by atoms with Gasteiger partial charge >= 0.3 is 0 Å². The number of H-pyrrole nitrogens is 2. The highest BCUT2D eigenvalue weighted by atomic mass is 32.1. The lowest BCUT2D eigenvalue weighted by Gasteiger charge is -2.00. The standard InChI is InChI=1S/C25H17N5OS/c1-14(31)22-10-11-23(32-22)15-5-4-7-17-16(15)13-21(27-17)25-24-20(29-30-25)9-8-19(28-24)18-6-2-3-12-26-18/h2-13,27H,1H3,(H,29,30). The third kappa shape index (κ3) is 3.02. The molecule has 0 aliphatic heterocycles. The number of rotatable bonds is 4. The second-order valence-electron chi connectivity index (χ2n) is 7.55. The lowest BCUT2D eigenvalue weighted by atomic mass is 10.1. The molecule has 0 aliphatic carbocycles. The van der Waals surface area contributed by atoms with Crippen LogP contribution in [0, 0.1) is 0 Å². The summed E-state index contributed by atoms with van der Waals surface area (Å²) >= 11 is 1.51. The van der Waals surface area contributed by atoms with E-state index >= 15 is 0 Å². The fourth-order valence-electron chi connectivity index (χ4n) is 3.91. The van der Waals surface area contributed by atoms with Crippen molar-refractivity contribution in [2.75, 3.05) is 0 Å². The van der Waals surface area contributed by atoms with Gasteiger partial charge in [0.2, 0.25) is 0 Å². The molecule has 5 heterocycles. The third-order valence-electron chi connectivity index (χ3n) is 5.47. The van der Waals surface area contributed by atoms with Crippen molar-refractivity contribution in [3.05, 3.63) is 77.8 Å². The number of fused-ring (bicyclic) bond motifs is 2. The first-order valence-corrected chi connectivity index (χ1v) is 11.0. The van der Waals surface area contributed by atoms with Crippen LogP contribution in [0.15, 0.2) is 72.9 Å². The number of ketones is 1. The van der Waals surface area contributed by atoms with Gasteiger partial charge in [-0.3, -0.25) is 14.9 Å². The molecule has 6 nitrogen and oxygen atoms in total. The van der Waals surface area contributed by atoms with Gasteiger partial charge < -0.3 is 4.98 Å². The van der Waals surface area contributed by atoms with Gasteiger partial charge in [-0.05, 0) is 55.5 Å². The van der Waals surface area contributed by atoms with Crippen molar-refractivity contribution in [1.29, 1.82) is 0 Å². The summed E-state index contributed by atoms with van der Waals surface area (Å²) in [5, 5.41) is 8.71. The van der Waals surface area contributed by atoms with Crippen LogP contribution in [0.1, 0.15) is 16.6 Å². The van der Waals surface area contributed by atoms with E-state index in [-0.39, 0.29) is 5.78 Å². The zero-order chi connectivity index (χ0) is 21.7. The Labute approximate surface area is 187 Å². The molecule has 0 fully saturated rings. The fraction of sp³-hybridized carbons (Fsp3) is 0.0400.